The van der Waals surface area contributed by atoms with Crippen molar-refractivity contribution in [2.24, 2.45) is 5.92 Å². The monoisotopic (exact) mass is 369 g/mol. The summed E-state index contributed by atoms with van der Waals surface area (Å²) in [6.45, 7) is -0.194. The maximum atomic E-state index is 11.9. The molecule has 0 heterocycles. The van der Waals surface area contributed by atoms with Gasteiger partial charge >= 0.3 is 0 Å². The van der Waals surface area contributed by atoms with Crippen LogP contribution >= 0.6 is 23.8 Å². The lowest BCUT2D eigenvalue weighted by molar-refractivity contribution is -0.126. The van der Waals surface area contributed by atoms with Gasteiger partial charge in [0.2, 0.25) is 5.91 Å². The largest absolute Gasteiger partial charge is 0.484 e. The highest BCUT2D eigenvalue weighted by molar-refractivity contribution is 7.80. The number of hydrazine groups is 1. The van der Waals surface area contributed by atoms with Crippen LogP contribution in [0.4, 0.5) is 0 Å². The Morgan fingerprint density at radius 1 is 1.12 bits per heavy atom. The summed E-state index contributed by atoms with van der Waals surface area (Å²) >= 11 is 10.7. The summed E-state index contributed by atoms with van der Waals surface area (Å²) in [5, 5.41) is 3.06. The van der Waals surface area contributed by atoms with E-state index >= 15 is 0 Å². The molecule has 6 nitrogen and oxygen atoms in total. The van der Waals surface area contributed by atoms with Gasteiger partial charge in [0.15, 0.2) is 11.7 Å². The first kappa shape index (κ1) is 18.5. The highest BCUT2D eigenvalue weighted by Gasteiger charge is 2.21. The Morgan fingerprint density at radius 3 is 2.46 bits per heavy atom. The number of carbonyl (C=O) groups excluding carboxylic acids is 2. The molecule has 1 aromatic rings. The van der Waals surface area contributed by atoms with E-state index in [0.717, 1.165) is 25.7 Å². The molecule has 2 rings (SSSR count). The minimum absolute atomic E-state index is 0.0120. The second-order valence-corrected chi connectivity index (χ2v) is 6.41. The van der Waals surface area contributed by atoms with E-state index in [0.29, 0.717) is 10.8 Å². The number of benzene rings is 1. The number of hydrogen-bond acceptors (Lipinski definition) is 4. The topological polar surface area (TPSA) is 79.5 Å². The zero-order valence-corrected chi connectivity index (χ0v) is 14.7. The number of rotatable bonds is 4. The molecule has 0 unspecified atom stereocenters. The summed E-state index contributed by atoms with van der Waals surface area (Å²) in [5.41, 5.74) is 5.08. The lowest BCUT2D eigenvalue weighted by atomic mass is 9.89. The zero-order chi connectivity index (χ0) is 17.4. The van der Waals surface area contributed by atoms with Crippen molar-refractivity contribution in [3.05, 3.63) is 29.3 Å². The molecule has 2 amide bonds. The zero-order valence-electron chi connectivity index (χ0n) is 13.1. The van der Waals surface area contributed by atoms with E-state index in [9.17, 15) is 9.59 Å². The number of thiocarbonyl (C=S) groups is 1. The molecule has 1 fully saturated rings. The second-order valence-electron chi connectivity index (χ2n) is 5.57. The van der Waals surface area contributed by atoms with Gasteiger partial charge < -0.3 is 4.74 Å². The fourth-order valence-electron chi connectivity index (χ4n) is 2.46. The predicted octanol–water partition coefficient (Wildman–Crippen LogP) is 2.32. The van der Waals surface area contributed by atoms with Crippen LogP contribution in [0.3, 0.4) is 0 Å². The van der Waals surface area contributed by atoms with Crippen LogP contribution in [0.15, 0.2) is 24.3 Å². The number of hydrogen-bond donors (Lipinski definition) is 3. The van der Waals surface area contributed by atoms with E-state index in [1.807, 2.05) is 0 Å². The molecule has 3 N–H and O–H groups in total. The van der Waals surface area contributed by atoms with Gasteiger partial charge in [-0.2, -0.15) is 0 Å². The predicted molar refractivity (Wildman–Crippen MR) is 95.5 cm³/mol. The minimum atomic E-state index is -0.422. The second kappa shape index (κ2) is 9.44. The fraction of sp³-hybridized carbons (Fsp3) is 0.438. The average Bonchev–Trinajstić information content (AvgIpc) is 2.60. The van der Waals surface area contributed by atoms with Crippen LogP contribution in [-0.4, -0.2) is 23.5 Å². The molecular weight excluding hydrogens is 350 g/mol. The Hall–Kier alpha value is -1.86. The molecule has 1 aliphatic carbocycles. The van der Waals surface area contributed by atoms with Gasteiger partial charge in [0, 0.05) is 10.9 Å². The van der Waals surface area contributed by atoms with Crippen LogP contribution in [0.1, 0.15) is 32.1 Å². The summed E-state index contributed by atoms with van der Waals surface area (Å²) < 4.78 is 5.30. The van der Waals surface area contributed by atoms with Crippen molar-refractivity contribution >= 4 is 40.7 Å². The molecule has 0 atom stereocenters. The van der Waals surface area contributed by atoms with Crippen LogP contribution in [0, 0.1) is 5.92 Å². The highest BCUT2D eigenvalue weighted by Crippen LogP contribution is 2.23. The van der Waals surface area contributed by atoms with Gasteiger partial charge in [-0.25, -0.2) is 0 Å². The lowest BCUT2D eigenvalue weighted by Gasteiger charge is -2.21. The Labute approximate surface area is 151 Å². The third-order valence-electron chi connectivity index (χ3n) is 3.71. The van der Waals surface area contributed by atoms with Crippen molar-refractivity contribution in [1.82, 2.24) is 16.2 Å². The third-order valence-corrected chi connectivity index (χ3v) is 4.17. The molecule has 0 radical (unpaired) electrons. The van der Waals surface area contributed by atoms with Crippen LogP contribution in [0.25, 0.3) is 0 Å². The van der Waals surface area contributed by atoms with E-state index in [2.05, 4.69) is 16.2 Å². The van der Waals surface area contributed by atoms with Crippen LogP contribution in [0.5, 0.6) is 5.75 Å². The van der Waals surface area contributed by atoms with E-state index in [4.69, 9.17) is 28.6 Å². The van der Waals surface area contributed by atoms with Crippen LogP contribution in [-0.2, 0) is 9.59 Å². The first-order chi connectivity index (χ1) is 11.5. The van der Waals surface area contributed by atoms with Gasteiger partial charge in [0.05, 0.1) is 0 Å². The molecule has 130 valence electrons. The number of nitrogens with one attached hydrogen (secondary N) is 3. The minimum Gasteiger partial charge on any atom is -0.484 e. The molecule has 0 aliphatic heterocycles. The molecule has 1 aromatic carbocycles. The molecule has 8 heteroatoms. The standard InChI is InChI=1S/C16H20ClN3O3S/c17-12-6-8-13(9-7-12)23-10-14(21)18-16(24)20-19-15(22)11-4-2-1-3-5-11/h6-9,11H,1-5,10H2,(H,19,22)(H2,18,20,21,24). The number of amides is 2. The summed E-state index contributed by atoms with van der Waals surface area (Å²) in [6.07, 6.45) is 5.10. The van der Waals surface area contributed by atoms with E-state index in [1.165, 1.54) is 6.42 Å². The van der Waals surface area contributed by atoms with Crippen molar-refractivity contribution in [3.8, 4) is 5.75 Å². The molecule has 0 spiro atoms. The Kier molecular flexibility index (Phi) is 7.27. The van der Waals surface area contributed by atoms with Gasteiger partial charge in [0.25, 0.3) is 5.91 Å². The van der Waals surface area contributed by atoms with Gasteiger partial charge in [0.1, 0.15) is 5.75 Å². The first-order valence-electron chi connectivity index (χ1n) is 7.82. The number of carbonyl (C=O) groups is 2. The van der Waals surface area contributed by atoms with E-state index in [-0.39, 0.29) is 23.5 Å². The summed E-state index contributed by atoms with van der Waals surface area (Å²) in [6, 6.07) is 6.66. The molecule has 0 bridgehead atoms. The van der Waals surface area contributed by atoms with Gasteiger partial charge in [-0.1, -0.05) is 30.9 Å². The van der Waals surface area contributed by atoms with E-state index in [1.54, 1.807) is 24.3 Å². The van der Waals surface area contributed by atoms with Crippen molar-refractivity contribution in [3.63, 3.8) is 0 Å². The Bertz CT molecular complexity index is 589. The van der Waals surface area contributed by atoms with Crippen molar-refractivity contribution < 1.29 is 14.3 Å². The summed E-state index contributed by atoms with van der Waals surface area (Å²) in [7, 11) is 0. The normalized spacial score (nSPS) is 14.5. The van der Waals surface area contributed by atoms with Crippen molar-refractivity contribution in [2.75, 3.05) is 6.61 Å². The molecule has 0 saturated heterocycles. The maximum Gasteiger partial charge on any atom is 0.264 e. The quantitative estimate of drug-likeness (QED) is 0.560. The molecule has 24 heavy (non-hydrogen) atoms. The highest BCUT2D eigenvalue weighted by atomic mass is 35.5. The maximum absolute atomic E-state index is 11.9. The van der Waals surface area contributed by atoms with Crippen molar-refractivity contribution in [2.45, 2.75) is 32.1 Å². The van der Waals surface area contributed by atoms with Crippen LogP contribution < -0.4 is 20.9 Å². The first-order valence-corrected chi connectivity index (χ1v) is 8.61. The average molecular weight is 370 g/mol. The smallest absolute Gasteiger partial charge is 0.264 e. The molecule has 0 aromatic heterocycles. The fourth-order valence-corrected chi connectivity index (χ4v) is 2.75. The van der Waals surface area contributed by atoms with Crippen LogP contribution in [0.2, 0.25) is 5.02 Å². The number of halogens is 1. The van der Waals surface area contributed by atoms with Gasteiger partial charge in [-0.3, -0.25) is 25.8 Å². The van der Waals surface area contributed by atoms with E-state index < -0.39 is 5.91 Å². The summed E-state index contributed by atoms with van der Waals surface area (Å²) in [5.74, 6) is 0.0232. The van der Waals surface area contributed by atoms with Gasteiger partial charge in [-0.05, 0) is 49.3 Å². The SMILES string of the molecule is O=C(COc1ccc(Cl)cc1)NC(=S)NNC(=O)C1CCCCC1. The Morgan fingerprint density at radius 2 is 1.79 bits per heavy atom. The molecular formula is C16H20ClN3O3S. The third kappa shape index (κ3) is 6.33. The number of ether oxygens (including phenoxy) is 1. The van der Waals surface area contributed by atoms with Gasteiger partial charge in [-0.15, -0.1) is 0 Å². The Balaban J connectivity index is 1.64. The molecule has 1 saturated carbocycles. The lowest BCUT2D eigenvalue weighted by Crippen LogP contribution is -2.51. The van der Waals surface area contributed by atoms with Crippen molar-refractivity contribution in [1.29, 1.82) is 0 Å². The molecule has 1 aliphatic rings. The summed E-state index contributed by atoms with van der Waals surface area (Å²) in [4.78, 5) is 23.7.